The number of anilines is 2. The molecule has 5 aromatic carbocycles. The van der Waals surface area contributed by atoms with Crippen molar-refractivity contribution < 1.29 is 70.4 Å². The largest absolute Gasteiger partial charge is 0.493 e. The third-order valence-electron chi connectivity index (χ3n) is 14.4. The Morgan fingerprint density at radius 1 is 0.714 bits per heavy atom. The summed E-state index contributed by atoms with van der Waals surface area (Å²) >= 11 is 0. The van der Waals surface area contributed by atoms with Crippen LogP contribution in [-0.4, -0.2) is 105 Å². The first-order valence-corrected chi connectivity index (χ1v) is 28.1. The van der Waals surface area contributed by atoms with Gasteiger partial charge in [-0.25, -0.2) is 9.59 Å². The van der Waals surface area contributed by atoms with Crippen molar-refractivity contribution in [3.63, 3.8) is 0 Å². The van der Waals surface area contributed by atoms with Crippen molar-refractivity contribution in [1.82, 2.24) is 26.2 Å². The molecule has 5 aromatic rings. The summed E-state index contributed by atoms with van der Waals surface area (Å²) in [6.45, 7) is 5.69. The highest BCUT2D eigenvalue weighted by molar-refractivity contribution is 6.38. The lowest BCUT2D eigenvalue weighted by Crippen LogP contribution is -2.53. The second-order valence-electron chi connectivity index (χ2n) is 20.8. The average molecular weight is 1170 g/mol. The van der Waals surface area contributed by atoms with E-state index in [9.17, 15) is 46.7 Å². The molecule has 0 bridgehead atoms. The van der Waals surface area contributed by atoms with Crippen LogP contribution in [0.3, 0.4) is 0 Å². The topological polar surface area (TPSA) is 229 Å². The van der Waals surface area contributed by atoms with Crippen molar-refractivity contribution in [3.05, 3.63) is 149 Å². The van der Waals surface area contributed by atoms with Gasteiger partial charge in [0, 0.05) is 37.3 Å². The second kappa shape index (κ2) is 31.7. The maximum atomic E-state index is 14.1. The van der Waals surface area contributed by atoms with Gasteiger partial charge < -0.3 is 55.2 Å². The van der Waals surface area contributed by atoms with Crippen LogP contribution in [0, 0.1) is 5.41 Å². The van der Waals surface area contributed by atoms with Crippen LogP contribution in [0.1, 0.15) is 117 Å². The molecule has 84 heavy (non-hydrogen) atoms. The standard InChI is InChI=1S/C63H75F3N6O12/c1-6-62(2,3)56(74)59(77)72-37-15-13-25-51(72)60(78)84-52(32-26-42-27-33-53(80-4)54(38-42)81-5)44-28-30-47(31-29-44)82-41-55(73)67-34-14-12-24-50(71-61(79)83-40-43-18-8-7-9-19-43)58(76)69-36-17-35-68-57(75)48-22-10-11-23-49(48)70-46-21-16-20-45(39-46)63(64,65)66/h7-11,16,18-23,27-31,33,38-39,50-52,70H,6,12-15,17,24-26,32,34-37,40-41H2,1-5H3,(H,67,73)(H,68,75)(H,69,76)(H,71,79)/t50?,51-,52+/m0/s1. The average Bonchev–Trinajstić information content (AvgIpc) is 3.46. The summed E-state index contributed by atoms with van der Waals surface area (Å²) in [5.41, 5.74) is 1.21. The number of hydrogen-bond donors (Lipinski definition) is 5. The minimum atomic E-state index is -4.54. The highest BCUT2D eigenvalue weighted by Crippen LogP contribution is 2.34. The van der Waals surface area contributed by atoms with E-state index in [-0.39, 0.29) is 57.1 Å². The number of piperidine rings is 1. The molecule has 0 aromatic heterocycles. The van der Waals surface area contributed by atoms with Crippen molar-refractivity contribution in [2.45, 2.75) is 116 Å². The molecule has 1 aliphatic rings. The maximum Gasteiger partial charge on any atom is 0.416 e. The number of amides is 5. The molecule has 6 rings (SSSR count). The minimum Gasteiger partial charge on any atom is -0.493 e. The molecule has 1 fully saturated rings. The SMILES string of the molecule is CCC(C)(C)C(=O)C(=O)N1CCCC[C@H]1C(=O)O[C@H](CCc1ccc(OC)c(OC)c1)c1ccc(OCC(=O)NCCCCC(NC(=O)OCc2ccccc2)C(=O)NCCCNC(=O)c2ccccc2Nc2cccc(C(F)(F)F)c2)cc1. The van der Waals surface area contributed by atoms with Gasteiger partial charge in [-0.05, 0) is 135 Å². The Morgan fingerprint density at radius 3 is 2.15 bits per heavy atom. The molecule has 5 N–H and O–H groups in total. The van der Waals surface area contributed by atoms with Crippen LogP contribution in [0.15, 0.2) is 121 Å². The predicted molar refractivity (Wildman–Crippen MR) is 309 cm³/mol. The Balaban J connectivity index is 0.991. The summed E-state index contributed by atoms with van der Waals surface area (Å²) in [6, 6.07) is 30.4. The molecule has 1 aliphatic heterocycles. The molecule has 1 unspecified atom stereocenters. The molecule has 0 aliphatic carbocycles. The Morgan fingerprint density at radius 2 is 1.43 bits per heavy atom. The number of nitrogens with one attached hydrogen (secondary N) is 5. The summed E-state index contributed by atoms with van der Waals surface area (Å²) in [4.78, 5) is 94.8. The molecule has 21 heteroatoms. The van der Waals surface area contributed by atoms with Gasteiger partial charge in [0.15, 0.2) is 18.1 Å². The zero-order valence-corrected chi connectivity index (χ0v) is 48.1. The fourth-order valence-electron chi connectivity index (χ4n) is 9.14. The number of esters is 1. The van der Waals surface area contributed by atoms with E-state index in [0.717, 1.165) is 23.3 Å². The highest BCUT2D eigenvalue weighted by Gasteiger charge is 2.41. The van der Waals surface area contributed by atoms with Crippen LogP contribution < -0.4 is 40.8 Å². The molecule has 0 saturated carbocycles. The van der Waals surface area contributed by atoms with E-state index in [2.05, 4.69) is 26.6 Å². The minimum absolute atomic E-state index is 0.0261. The molecule has 450 valence electrons. The monoisotopic (exact) mass is 1160 g/mol. The quantitative estimate of drug-likeness (QED) is 0.0164. The number of alkyl halides is 3. The van der Waals surface area contributed by atoms with Gasteiger partial charge in [-0.15, -0.1) is 0 Å². The summed E-state index contributed by atoms with van der Waals surface area (Å²) in [5, 5.41) is 13.9. The number of unbranched alkanes of at least 4 members (excludes halogenated alkanes) is 1. The van der Waals surface area contributed by atoms with E-state index in [0.29, 0.717) is 86.3 Å². The first-order chi connectivity index (χ1) is 40.3. The zero-order valence-electron chi connectivity index (χ0n) is 48.1. The number of carbonyl (C=O) groups is 7. The number of ketones is 1. The number of likely N-dealkylation sites (tertiary alicyclic amines) is 1. The summed E-state index contributed by atoms with van der Waals surface area (Å²) in [6.07, 6.45) is -1.80. The highest BCUT2D eigenvalue weighted by atomic mass is 19.4. The molecular formula is C63H75F3N6O12. The summed E-state index contributed by atoms with van der Waals surface area (Å²) in [7, 11) is 3.09. The number of rotatable bonds is 30. The lowest BCUT2D eigenvalue weighted by atomic mass is 9.84. The van der Waals surface area contributed by atoms with Crippen molar-refractivity contribution in [2.75, 3.05) is 52.3 Å². The number of halogens is 3. The van der Waals surface area contributed by atoms with Crippen LogP contribution in [0.5, 0.6) is 17.2 Å². The van der Waals surface area contributed by atoms with E-state index in [1.54, 1.807) is 101 Å². The number of carbonyl (C=O) groups excluding carboxylic acids is 7. The third kappa shape index (κ3) is 19.5. The van der Waals surface area contributed by atoms with Gasteiger partial charge in [-0.3, -0.25) is 24.0 Å². The fraction of sp³-hybridized carbons (Fsp3) is 0.413. The number of hydrogen-bond acceptors (Lipinski definition) is 13. The van der Waals surface area contributed by atoms with E-state index < -0.39 is 76.8 Å². The normalized spacial score (nSPS) is 14.0. The Kier molecular flexibility index (Phi) is 24.4. The van der Waals surface area contributed by atoms with Gasteiger partial charge in [0.1, 0.15) is 30.5 Å². The Hall–Kier alpha value is -8.62. The van der Waals surface area contributed by atoms with Gasteiger partial charge >= 0.3 is 18.2 Å². The molecular weight excluding hydrogens is 1090 g/mol. The fourth-order valence-corrected chi connectivity index (χ4v) is 9.14. The number of ether oxygens (including phenoxy) is 5. The Labute approximate surface area is 487 Å². The molecule has 1 heterocycles. The number of methoxy groups -OCH3 is 2. The number of Topliss-reactive ketones (excluding diaryl/α,β-unsaturated/α-hetero) is 1. The van der Waals surface area contributed by atoms with Gasteiger partial charge in [0.25, 0.3) is 17.7 Å². The lowest BCUT2D eigenvalue weighted by molar-refractivity contribution is -0.164. The van der Waals surface area contributed by atoms with Crippen molar-refractivity contribution in [1.29, 1.82) is 0 Å². The van der Waals surface area contributed by atoms with Crippen LogP contribution in [0.4, 0.5) is 29.3 Å². The predicted octanol–water partition coefficient (Wildman–Crippen LogP) is 9.97. The molecule has 3 atom stereocenters. The van der Waals surface area contributed by atoms with E-state index in [1.165, 1.54) is 23.1 Å². The van der Waals surface area contributed by atoms with Gasteiger partial charge in [0.2, 0.25) is 11.7 Å². The third-order valence-corrected chi connectivity index (χ3v) is 14.4. The number of aryl methyl sites for hydroxylation is 1. The number of alkyl carbamates (subject to hydrolysis) is 1. The van der Waals surface area contributed by atoms with Crippen LogP contribution in [-0.2, 0) is 52.7 Å². The molecule has 1 saturated heterocycles. The molecule has 5 amide bonds. The zero-order chi connectivity index (χ0) is 60.7. The van der Waals surface area contributed by atoms with Crippen LogP contribution in [0.25, 0.3) is 0 Å². The number of para-hydroxylation sites is 1. The van der Waals surface area contributed by atoms with Gasteiger partial charge in [-0.2, -0.15) is 13.2 Å². The van der Waals surface area contributed by atoms with E-state index in [1.807, 2.05) is 25.1 Å². The van der Waals surface area contributed by atoms with Gasteiger partial charge in [-0.1, -0.05) is 87.5 Å². The van der Waals surface area contributed by atoms with Crippen LogP contribution in [0.2, 0.25) is 0 Å². The van der Waals surface area contributed by atoms with Crippen molar-refractivity contribution in [3.8, 4) is 17.2 Å². The maximum absolute atomic E-state index is 14.1. The summed E-state index contributed by atoms with van der Waals surface area (Å²) in [5.74, 6) is -1.75. The number of benzene rings is 5. The molecule has 18 nitrogen and oxygen atoms in total. The van der Waals surface area contributed by atoms with Crippen molar-refractivity contribution in [2.24, 2.45) is 5.41 Å². The van der Waals surface area contributed by atoms with Gasteiger partial charge in [0.05, 0.1) is 31.0 Å². The molecule has 0 spiro atoms. The van der Waals surface area contributed by atoms with Crippen LogP contribution >= 0.6 is 0 Å². The Bertz CT molecular complexity index is 3010. The number of nitrogens with zero attached hydrogens (tertiary/aromatic N) is 1. The van der Waals surface area contributed by atoms with E-state index >= 15 is 0 Å². The van der Waals surface area contributed by atoms with E-state index in [4.69, 9.17) is 23.7 Å². The lowest BCUT2D eigenvalue weighted by Gasteiger charge is -2.36. The molecule has 0 radical (unpaired) electrons. The summed E-state index contributed by atoms with van der Waals surface area (Å²) < 4.78 is 68.3. The smallest absolute Gasteiger partial charge is 0.416 e. The van der Waals surface area contributed by atoms with Crippen molar-refractivity contribution >= 4 is 52.8 Å². The second-order valence-corrected chi connectivity index (χ2v) is 20.8. The first-order valence-electron chi connectivity index (χ1n) is 28.1. The first kappa shape index (κ1) is 64.5.